The molecule has 8 nitrogen and oxygen atoms in total. The molecule has 1 heterocycles. The molecule has 0 bridgehead atoms. The van der Waals surface area contributed by atoms with E-state index < -0.39 is 12.1 Å². The molecule has 2 atom stereocenters. The van der Waals surface area contributed by atoms with Crippen LogP contribution in [0.3, 0.4) is 0 Å². The standard InChI is InChI=1S/C21H33N3O5.2H2/c1-13(2)19(21(29)22-15(5)20(28)14(3)4)23-16(25)9-7-6-8-12-24-17(26)10-11-18(24)27;;/h10-11,13-15,19H,6-9,12H2,1-5H3,(H,22,29)(H,23,25);2*1H/t15-,19-;;/m0../s1. The molecule has 0 radical (unpaired) electrons. The Labute approximate surface area is 175 Å². The third-order valence-electron chi connectivity index (χ3n) is 4.81. The van der Waals surface area contributed by atoms with Crippen molar-refractivity contribution in [3.05, 3.63) is 12.2 Å². The summed E-state index contributed by atoms with van der Waals surface area (Å²) < 4.78 is 0. The summed E-state index contributed by atoms with van der Waals surface area (Å²) in [5.74, 6) is -1.57. The lowest BCUT2D eigenvalue weighted by Gasteiger charge is -2.24. The molecule has 8 heteroatoms. The minimum absolute atomic E-state index is 0. The van der Waals surface area contributed by atoms with Gasteiger partial charge in [0, 0.05) is 33.9 Å². The van der Waals surface area contributed by atoms with Gasteiger partial charge in [0.1, 0.15) is 6.04 Å². The van der Waals surface area contributed by atoms with Gasteiger partial charge >= 0.3 is 0 Å². The predicted molar refractivity (Wildman–Crippen MR) is 113 cm³/mol. The van der Waals surface area contributed by atoms with Crippen LogP contribution >= 0.6 is 0 Å². The average molecular weight is 412 g/mol. The quantitative estimate of drug-likeness (QED) is 0.376. The number of imide groups is 1. The molecule has 0 aromatic heterocycles. The first-order valence-electron chi connectivity index (χ1n) is 10.2. The Bertz CT molecular complexity index is 662. The zero-order chi connectivity index (χ0) is 22.1. The molecule has 0 spiro atoms. The minimum atomic E-state index is -0.712. The summed E-state index contributed by atoms with van der Waals surface area (Å²) in [6.07, 6.45) is 4.64. The first-order valence-corrected chi connectivity index (χ1v) is 10.2. The molecular formula is C21H37N3O5. The lowest BCUT2D eigenvalue weighted by molar-refractivity contribution is -0.137. The highest BCUT2D eigenvalue weighted by Crippen LogP contribution is 2.09. The average Bonchev–Trinajstić information content (AvgIpc) is 2.96. The van der Waals surface area contributed by atoms with Crippen molar-refractivity contribution in [1.82, 2.24) is 15.5 Å². The maximum absolute atomic E-state index is 12.5. The molecule has 0 aromatic carbocycles. The molecule has 2 N–H and O–H groups in total. The lowest BCUT2D eigenvalue weighted by atomic mass is 10.00. The van der Waals surface area contributed by atoms with Crippen LogP contribution in [0.1, 0.15) is 63.2 Å². The van der Waals surface area contributed by atoms with E-state index in [-0.39, 0.29) is 50.5 Å². The topological polar surface area (TPSA) is 113 Å². The lowest BCUT2D eigenvalue weighted by Crippen LogP contribution is -2.53. The maximum atomic E-state index is 12.5. The van der Waals surface area contributed by atoms with Crippen LogP contribution in [0.25, 0.3) is 0 Å². The van der Waals surface area contributed by atoms with Crippen LogP contribution in [0.15, 0.2) is 12.2 Å². The molecule has 1 aliphatic heterocycles. The summed E-state index contributed by atoms with van der Waals surface area (Å²) in [5.41, 5.74) is 0. The molecule has 0 saturated carbocycles. The molecule has 1 rings (SSSR count). The van der Waals surface area contributed by atoms with Crippen LogP contribution in [-0.2, 0) is 24.0 Å². The summed E-state index contributed by atoms with van der Waals surface area (Å²) in [4.78, 5) is 60.8. The van der Waals surface area contributed by atoms with Crippen LogP contribution < -0.4 is 10.6 Å². The Morgan fingerprint density at radius 1 is 0.931 bits per heavy atom. The molecule has 0 aliphatic carbocycles. The summed E-state index contributed by atoms with van der Waals surface area (Å²) in [6.45, 7) is 9.20. The molecule has 166 valence electrons. The van der Waals surface area contributed by atoms with Crippen molar-refractivity contribution in [2.24, 2.45) is 11.8 Å². The van der Waals surface area contributed by atoms with Gasteiger partial charge in [0.15, 0.2) is 5.78 Å². The molecule has 1 aliphatic rings. The fourth-order valence-electron chi connectivity index (χ4n) is 3.04. The Morgan fingerprint density at radius 3 is 2.03 bits per heavy atom. The van der Waals surface area contributed by atoms with Gasteiger partial charge in [0.25, 0.3) is 11.8 Å². The number of Topliss-reactive ketones (excluding diaryl/α,β-unsaturated/α-hetero) is 1. The predicted octanol–water partition coefficient (Wildman–Crippen LogP) is 1.83. The summed E-state index contributed by atoms with van der Waals surface area (Å²) in [6, 6.07) is -1.32. The number of ketones is 1. The smallest absolute Gasteiger partial charge is 0.253 e. The minimum Gasteiger partial charge on any atom is -0.345 e. The van der Waals surface area contributed by atoms with E-state index in [2.05, 4.69) is 10.6 Å². The second kappa shape index (κ2) is 11.5. The van der Waals surface area contributed by atoms with Gasteiger partial charge in [-0.1, -0.05) is 34.1 Å². The van der Waals surface area contributed by atoms with Gasteiger partial charge in [-0.2, -0.15) is 0 Å². The van der Waals surface area contributed by atoms with Crippen molar-refractivity contribution >= 4 is 29.4 Å². The Hall–Kier alpha value is -2.51. The first-order chi connectivity index (χ1) is 13.5. The fraction of sp³-hybridized carbons (Fsp3) is 0.667. The largest absolute Gasteiger partial charge is 0.345 e. The van der Waals surface area contributed by atoms with Gasteiger partial charge in [-0.3, -0.25) is 28.9 Å². The second-order valence-electron chi connectivity index (χ2n) is 8.05. The Kier molecular flexibility index (Phi) is 9.71. The highest BCUT2D eigenvalue weighted by Gasteiger charge is 2.27. The maximum Gasteiger partial charge on any atom is 0.253 e. The van der Waals surface area contributed by atoms with E-state index in [0.29, 0.717) is 25.8 Å². The third-order valence-corrected chi connectivity index (χ3v) is 4.81. The van der Waals surface area contributed by atoms with Crippen LogP contribution in [0.2, 0.25) is 0 Å². The molecule has 0 saturated heterocycles. The van der Waals surface area contributed by atoms with Crippen molar-refractivity contribution in [1.29, 1.82) is 0 Å². The van der Waals surface area contributed by atoms with Gasteiger partial charge in [-0.25, -0.2) is 0 Å². The number of carbonyl (C=O) groups excluding carboxylic acids is 5. The zero-order valence-corrected chi connectivity index (χ0v) is 18.0. The molecular weight excluding hydrogens is 374 g/mol. The molecule has 0 fully saturated rings. The number of nitrogens with zero attached hydrogens (tertiary/aromatic N) is 1. The second-order valence-corrected chi connectivity index (χ2v) is 8.05. The first kappa shape index (κ1) is 24.5. The van der Waals surface area contributed by atoms with E-state index in [9.17, 15) is 24.0 Å². The number of hydrogen-bond acceptors (Lipinski definition) is 5. The number of unbranched alkanes of at least 4 members (excludes halogenated alkanes) is 2. The third kappa shape index (κ3) is 7.79. The van der Waals surface area contributed by atoms with E-state index in [1.165, 1.54) is 17.1 Å². The van der Waals surface area contributed by atoms with Crippen molar-refractivity contribution in [2.75, 3.05) is 6.54 Å². The number of hydrogen-bond donors (Lipinski definition) is 2. The van der Waals surface area contributed by atoms with Crippen LogP contribution in [-0.4, -0.2) is 52.9 Å². The Morgan fingerprint density at radius 2 is 1.52 bits per heavy atom. The van der Waals surface area contributed by atoms with Crippen molar-refractivity contribution < 1.29 is 26.8 Å². The van der Waals surface area contributed by atoms with Crippen LogP contribution in [0, 0.1) is 11.8 Å². The molecule has 0 unspecified atom stereocenters. The number of rotatable bonds is 12. The van der Waals surface area contributed by atoms with E-state index in [1.807, 2.05) is 13.8 Å². The fourth-order valence-corrected chi connectivity index (χ4v) is 3.04. The summed E-state index contributed by atoms with van der Waals surface area (Å²) in [7, 11) is 0. The highest BCUT2D eigenvalue weighted by molar-refractivity contribution is 6.12. The number of nitrogens with one attached hydrogen (secondary N) is 2. The molecule has 29 heavy (non-hydrogen) atoms. The summed E-state index contributed by atoms with van der Waals surface area (Å²) in [5, 5.41) is 5.43. The normalized spacial score (nSPS) is 15.8. The number of carbonyl (C=O) groups is 5. The molecule has 0 aromatic rings. The summed E-state index contributed by atoms with van der Waals surface area (Å²) >= 11 is 0. The van der Waals surface area contributed by atoms with E-state index in [0.717, 1.165) is 0 Å². The van der Waals surface area contributed by atoms with Gasteiger partial charge in [-0.15, -0.1) is 0 Å². The van der Waals surface area contributed by atoms with Gasteiger partial charge < -0.3 is 10.6 Å². The van der Waals surface area contributed by atoms with Gasteiger partial charge in [-0.05, 0) is 25.7 Å². The SMILES string of the molecule is CC(C)C(=O)[C@H](C)NC(=O)[C@@H](NC(=O)CCCCCN1C(=O)C=CC1=O)C(C)C.[HH].[HH]. The van der Waals surface area contributed by atoms with Crippen molar-refractivity contribution in [3.8, 4) is 0 Å². The van der Waals surface area contributed by atoms with E-state index >= 15 is 0 Å². The molecule has 4 amide bonds. The van der Waals surface area contributed by atoms with E-state index in [1.54, 1.807) is 20.8 Å². The Balaban J connectivity index is 0. The van der Waals surface area contributed by atoms with Gasteiger partial charge in [0.05, 0.1) is 6.04 Å². The number of amides is 4. The van der Waals surface area contributed by atoms with Crippen LogP contribution in [0.5, 0.6) is 0 Å². The van der Waals surface area contributed by atoms with Crippen molar-refractivity contribution in [2.45, 2.75) is 72.4 Å². The zero-order valence-electron chi connectivity index (χ0n) is 18.0. The van der Waals surface area contributed by atoms with Crippen molar-refractivity contribution in [3.63, 3.8) is 0 Å². The van der Waals surface area contributed by atoms with Crippen LogP contribution in [0.4, 0.5) is 0 Å². The highest BCUT2D eigenvalue weighted by atomic mass is 16.2. The van der Waals surface area contributed by atoms with Gasteiger partial charge in [0.2, 0.25) is 11.8 Å². The van der Waals surface area contributed by atoms with E-state index in [4.69, 9.17) is 0 Å². The monoisotopic (exact) mass is 411 g/mol.